The normalized spacial score (nSPS) is 15.1. The van der Waals surface area contributed by atoms with Crippen molar-refractivity contribution in [2.45, 2.75) is 148 Å². The maximum atomic E-state index is 12.8. The third-order valence-electron chi connectivity index (χ3n) is 5.88. The minimum Gasteiger partial charge on any atom is -0.449 e. The number of phosphoric ester groups is 1. The summed E-state index contributed by atoms with van der Waals surface area (Å²) >= 11 is 1.85. The Kier molecular flexibility index (Phi) is 23.0. The van der Waals surface area contributed by atoms with Crippen molar-refractivity contribution >= 4 is 25.7 Å². The summed E-state index contributed by atoms with van der Waals surface area (Å²) in [5, 5.41) is 9.12. The molecule has 0 aliphatic heterocycles. The lowest BCUT2D eigenvalue weighted by atomic mass is 10.1. The molecule has 0 rings (SSSR count). The van der Waals surface area contributed by atoms with Crippen LogP contribution in [0.4, 0.5) is 4.79 Å². The predicted molar refractivity (Wildman–Crippen MR) is 145 cm³/mol. The summed E-state index contributed by atoms with van der Waals surface area (Å²) in [5.74, 6) is 1.03. The fraction of sp³-hybridized carbons (Fsp3) is 0.962. The number of carbonyl (C=O) groups is 1. The lowest BCUT2D eigenvalue weighted by Crippen LogP contribution is -2.24. The minimum absolute atomic E-state index is 0.130. The van der Waals surface area contributed by atoms with Crippen molar-refractivity contribution < 1.29 is 28.0 Å². The van der Waals surface area contributed by atoms with E-state index in [4.69, 9.17) is 14.2 Å². The molecule has 1 N–H and O–H groups in total. The van der Waals surface area contributed by atoms with Crippen LogP contribution in [0.15, 0.2) is 0 Å². The second kappa shape index (κ2) is 23.2. The van der Waals surface area contributed by atoms with Crippen LogP contribution in [0, 0.1) is 0 Å². The number of rotatable bonds is 25. The largest absolute Gasteiger partial charge is 0.534 e. The molecular weight excluding hydrogens is 471 g/mol. The van der Waals surface area contributed by atoms with Gasteiger partial charge >= 0.3 is 14.0 Å². The van der Waals surface area contributed by atoms with Crippen molar-refractivity contribution in [3.63, 3.8) is 0 Å². The summed E-state index contributed by atoms with van der Waals surface area (Å²) < 4.78 is 28.2. The van der Waals surface area contributed by atoms with E-state index >= 15 is 0 Å². The van der Waals surface area contributed by atoms with E-state index in [0.717, 1.165) is 25.0 Å². The summed E-state index contributed by atoms with van der Waals surface area (Å²) in [7, 11) is -4.13. The molecule has 0 saturated carbocycles. The van der Waals surface area contributed by atoms with Gasteiger partial charge in [0.05, 0.1) is 12.7 Å². The van der Waals surface area contributed by atoms with Crippen LogP contribution in [0.3, 0.4) is 0 Å². The fourth-order valence-corrected chi connectivity index (χ4v) is 6.60. The van der Waals surface area contributed by atoms with Crippen LogP contribution >= 0.6 is 19.6 Å². The molecule has 3 unspecified atom stereocenters. The lowest BCUT2D eigenvalue weighted by Gasteiger charge is -2.26. The average molecular weight is 525 g/mol. The quantitative estimate of drug-likeness (QED) is 0.0939. The van der Waals surface area contributed by atoms with Crippen molar-refractivity contribution in [2.24, 2.45) is 0 Å². The van der Waals surface area contributed by atoms with Gasteiger partial charge in [-0.3, -0.25) is 9.05 Å². The second-order valence-electron chi connectivity index (χ2n) is 9.24. The molecule has 0 bridgehead atoms. The fourth-order valence-electron chi connectivity index (χ4n) is 3.88. The highest BCUT2D eigenvalue weighted by Crippen LogP contribution is 2.52. The first-order valence-electron chi connectivity index (χ1n) is 13.9. The summed E-state index contributed by atoms with van der Waals surface area (Å²) in [6.07, 6.45) is 18.6. The maximum absolute atomic E-state index is 12.8. The van der Waals surface area contributed by atoms with E-state index in [1.807, 2.05) is 25.6 Å². The molecule has 0 aromatic rings. The van der Waals surface area contributed by atoms with Crippen LogP contribution in [0.5, 0.6) is 0 Å². The number of hydrogen-bond acceptors (Lipinski definition) is 6. The zero-order chi connectivity index (χ0) is 25.5. The summed E-state index contributed by atoms with van der Waals surface area (Å²) in [5.41, 5.74) is 0. The molecule has 0 radical (unpaired) electrons. The Morgan fingerprint density at radius 3 is 1.79 bits per heavy atom. The highest BCUT2D eigenvalue weighted by Gasteiger charge is 2.35. The number of unbranched alkanes of at least 4 members (excludes halogenated alkanes) is 13. The van der Waals surface area contributed by atoms with Gasteiger partial charge in [-0.2, -0.15) is 11.8 Å². The van der Waals surface area contributed by atoms with E-state index < -0.39 is 20.1 Å². The Morgan fingerprint density at radius 1 is 0.794 bits per heavy atom. The summed E-state index contributed by atoms with van der Waals surface area (Å²) in [4.78, 5) is 11.0. The Balaban J connectivity index is 4.51. The standard InChI is InChI=1S/C26H53O6PS/c1-5-8-10-12-13-14-15-16-18-20-23-34-25(21-19-17-11-9-6-2)24(4)31-33(29,30-22-7-3)32-26(27)28/h24-25H,5-23H2,1-4H3,(H,27,28). The number of carboxylic acid groups (broad SMARTS) is 1. The summed E-state index contributed by atoms with van der Waals surface area (Å²) in [6.45, 7) is 8.30. The van der Waals surface area contributed by atoms with Crippen LogP contribution in [0.1, 0.15) is 137 Å². The Hall–Kier alpha value is -0.230. The van der Waals surface area contributed by atoms with Crippen molar-refractivity contribution in [3.8, 4) is 0 Å². The molecule has 34 heavy (non-hydrogen) atoms. The molecule has 6 nitrogen and oxygen atoms in total. The molecular formula is C26H53O6PS. The molecule has 3 atom stereocenters. The first kappa shape index (κ1) is 33.8. The number of phosphoric acid groups is 1. The van der Waals surface area contributed by atoms with Gasteiger partial charge in [0.25, 0.3) is 0 Å². The van der Waals surface area contributed by atoms with Crippen LogP contribution in [-0.4, -0.2) is 35.0 Å². The van der Waals surface area contributed by atoms with E-state index in [1.165, 1.54) is 83.5 Å². The van der Waals surface area contributed by atoms with Crippen LogP contribution in [-0.2, 0) is 18.1 Å². The minimum atomic E-state index is -4.13. The predicted octanol–water partition coefficient (Wildman–Crippen LogP) is 10.0. The Bertz CT molecular complexity index is 520. The van der Waals surface area contributed by atoms with E-state index in [0.29, 0.717) is 6.42 Å². The molecule has 0 saturated heterocycles. The number of thioether (sulfide) groups is 1. The molecule has 0 aliphatic rings. The van der Waals surface area contributed by atoms with E-state index in [-0.39, 0.29) is 11.9 Å². The van der Waals surface area contributed by atoms with Crippen molar-refractivity contribution in [3.05, 3.63) is 0 Å². The Labute approximate surface area is 214 Å². The van der Waals surface area contributed by atoms with Gasteiger partial charge in [0.2, 0.25) is 0 Å². The zero-order valence-corrected chi connectivity index (χ0v) is 24.1. The third kappa shape index (κ3) is 20.0. The number of hydrogen-bond donors (Lipinski definition) is 1. The molecule has 204 valence electrons. The molecule has 0 fully saturated rings. The van der Waals surface area contributed by atoms with Gasteiger partial charge in [-0.1, -0.05) is 111 Å². The average Bonchev–Trinajstić information content (AvgIpc) is 2.79. The van der Waals surface area contributed by atoms with Crippen LogP contribution in [0.25, 0.3) is 0 Å². The monoisotopic (exact) mass is 524 g/mol. The first-order valence-corrected chi connectivity index (χ1v) is 16.4. The van der Waals surface area contributed by atoms with Gasteiger partial charge in [0.15, 0.2) is 0 Å². The van der Waals surface area contributed by atoms with Gasteiger partial charge in [0.1, 0.15) is 0 Å². The van der Waals surface area contributed by atoms with Gasteiger partial charge in [-0.15, -0.1) is 0 Å². The molecule has 0 aromatic carbocycles. The van der Waals surface area contributed by atoms with Gasteiger partial charge < -0.3 is 9.63 Å². The van der Waals surface area contributed by atoms with Crippen LogP contribution in [0.2, 0.25) is 0 Å². The van der Waals surface area contributed by atoms with Crippen LogP contribution < -0.4 is 0 Å². The molecule has 0 amide bonds. The molecule has 0 aliphatic carbocycles. The topological polar surface area (TPSA) is 82.1 Å². The Morgan fingerprint density at radius 2 is 1.29 bits per heavy atom. The highest BCUT2D eigenvalue weighted by molar-refractivity contribution is 7.99. The second-order valence-corrected chi connectivity index (χ2v) is 12.1. The van der Waals surface area contributed by atoms with Crippen molar-refractivity contribution in [2.75, 3.05) is 12.4 Å². The SMILES string of the molecule is CCCCCCCCCCCCSC(CCCCCCC)C(C)OP(=O)(OCCC)OC(=O)O. The van der Waals surface area contributed by atoms with E-state index in [1.54, 1.807) is 0 Å². The van der Waals surface area contributed by atoms with E-state index in [9.17, 15) is 9.36 Å². The molecule has 0 spiro atoms. The molecule has 0 aromatic heterocycles. The van der Waals surface area contributed by atoms with Gasteiger partial charge in [0, 0.05) is 5.25 Å². The lowest BCUT2D eigenvalue weighted by molar-refractivity contribution is 0.0764. The molecule has 0 heterocycles. The smallest absolute Gasteiger partial charge is 0.449 e. The first-order chi connectivity index (χ1) is 16.4. The van der Waals surface area contributed by atoms with Crippen molar-refractivity contribution in [1.82, 2.24) is 0 Å². The van der Waals surface area contributed by atoms with E-state index in [2.05, 4.69) is 18.4 Å². The third-order valence-corrected chi connectivity index (χ3v) is 8.93. The molecule has 8 heteroatoms. The summed E-state index contributed by atoms with van der Waals surface area (Å²) in [6, 6.07) is 0. The maximum Gasteiger partial charge on any atom is 0.534 e. The van der Waals surface area contributed by atoms with Gasteiger partial charge in [-0.05, 0) is 31.9 Å². The highest BCUT2D eigenvalue weighted by atomic mass is 32.2. The zero-order valence-electron chi connectivity index (χ0n) is 22.4. The van der Waals surface area contributed by atoms with Gasteiger partial charge in [-0.25, -0.2) is 9.36 Å². The van der Waals surface area contributed by atoms with Crippen molar-refractivity contribution in [1.29, 1.82) is 0 Å².